The van der Waals surface area contributed by atoms with Crippen LogP contribution in [0.25, 0.3) is 0 Å². The smallest absolute Gasteiger partial charge is 0.305 e. The number of rotatable bonds is 5. The Bertz CT molecular complexity index is 328. The minimum Gasteiger partial charge on any atom is -0.481 e. The highest BCUT2D eigenvalue weighted by Gasteiger charge is 2.35. The summed E-state index contributed by atoms with van der Waals surface area (Å²) in [5.41, 5.74) is 0. The van der Waals surface area contributed by atoms with E-state index in [0.29, 0.717) is 12.0 Å². The summed E-state index contributed by atoms with van der Waals surface area (Å²) in [7, 11) is 0. The quantitative estimate of drug-likeness (QED) is 0.676. The van der Waals surface area contributed by atoms with Gasteiger partial charge in [-0.3, -0.25) is 9.59 Å². The maximum Gasteiger partial charge on any atom is 0.305 e. The Morgan fingerprint density at radius 1 is 1.39 bits per heavy atom. The molecule has 2 rings (SSSR count). The molecule has 0 bridgehead atoms. The van der Waals surface area contributed by atoms with Crippen LogP contribution in [0.15, 0.2) is 0 Å². The Kier molecular flexibility index (Phi) is 4.22. The summed E-state index contributed by atoms with van der Waals surface area (Å²) in [5, 5.41) is 15.1. The average Bonchev–Trinajstić information content (AvgIpc) is 3.11. The zero-order valence-electron chi connectivity index (χ0n) is 10.8. The standard InChI is InChI=1S/C13H22N2O3/c1-8-6-10(4-5-14-8)13(18)15-11(7-12(16)17)9-2-3-9/h8-11,14H,2-7H2,1H3,(H,15,18)(H,16,17). The molecule has 2 fully saturated rings. The monoisotopic (exact) mass is 254 g/mol. The van der Waals surface area contributed by atoms with E-state index in [1.165, 1.54) is 0 Å². The molecule has 0 aromatic carbocycles. The van der Waals surface area contributed by atoms with Crippen LogP contribution >= 0.6 is 0 Å². The van der Waals surface area contributed by atoms with Gasteiger partial charge in [-0.2, -0.15) is 0 Å². The van der Waals surface area contributed by atoms with E-state index in [9.17, 15) is 9.59 Å². The normalized spacial score (nSPS) is 29.6. The van der Waals surface area contributed by atoms with Gasteiger partial charge in [0.15, 0.2) is 0 Å². The van der Waals surface area contributed by atoms with Crippen LogP contribution in [0, 0.1) is 11.8 Å². The van der Waals surface area contributed by atoms with Crippen molar-refractivity contribution >= 4 is 11.9 Å². The largest absolute Gasteiger partial charge is 0.481 e. The van der Waals surface area contributed by atoms with Gasteiger partial charge in [-0.15, -0.1) is 0 Å². The number of aliphatic carboxylic acids is 1. The van der Waals surface area contributed by atoms with Crippen LogP contribution in [-0.2, 0) is 9.59 Å². The third-order valence-electron chi connectivity index (χ3n) is 3.91. The molecule has 5 nitrogen and oxygen atoms in total. The molecule has 102 valence electrons. The van der Waals surface area contributed by atoms with Crippen molar-refractivity contribution in [1.82, 2.24) is 10.6 Å². The van der Waals surface area contributed by atoms with Gasteiger partial charge in [0, 0.05) is 18.0 Å². The van der Waals surface area contributed by atoms with Crippen molar-refractivity contribution in [3.8, 4) is 0 Å². The second-order valence-corrected chi connectivity index (χ2v) is 5.63. The number of nitrogens with one attached hydrogen (secondary N) is 2. The van der Waals surface area contributed by atoms with Crippen molar-refractivity contribution in [2.75, 3.05) is 6.54 Å². The van der Waals surface area contributed by atoms with Crippen LogP contribution < -0.4 is 10.6 Å². The average molecular weight is 254 g/mol. The zero-order chi connectivity index (χ0) is 13.1. The molecule has 0 spiro atoms. The number of hydrogen-bond donors (Lipinski definition) is 3. The Hall–Kier alpha value is -1.10. The summed E-state index contributed by atoms with van der Waals surface area (Å²) in [5.74, 6) is -0.368. The van der Waals surface area contributed by atoms with E-state index in [4.69, 9.17) is 5.11 Å². The molecule has 1 aliphatic heterocycles. The Labute approximate surface area is 107 Å². The van der Waals surface area contributed by atoms with E-state index >= 15 is 0 Å². The Morgan fingerprint density at radius 3 is 2.67 bits per heavy atom. The molecule has 0 radical (unpaired) electrons. The number of carboxylic acid groups (broad SMARTS) is 1. The first-order valence-electron chi connectivity index (χ1n) is 6.82. The predicted molar refractivity (Wildman–Crippen MR) is 67.1 cm³/mol. The van der Waals surface area contributed by atoms with Gasteiger partial charge in [0.05, 0.1) is 6.42 Å². The first-order chi connectivity index (χ1) is 8.56. The topological polar surface area (TPSA) is 78.4 Å². The first-order valence-corrected chi connectivity index (χ1v) is 6.82. The molecule has 1 amide bonds. The molecule has 0 aromatic heterocycles. The number of carbonyl (C=O) groups excluding carboxylic acids is 1. The number of hydrogen-bond acceptors (Lipinski definition) is 3. The molecular weight excluding hydrogens is 232 g/mol. The Balaban J connectivity index is 1.85. The van der Waals surface area contributed by atoms with Crippen LogP contribution in [0.4, 0.5) is 0 Å². The molecule has 1 saturated carbocycles. The van der Waals surface area contributed by atoms with Gasteiger partial charge in [-0.25, -0.2) is 0 Å². The highest BCUT2D eigenvalue weighted by atomic mass is 16.4. The van der Waals surface area contributed by atoms with Crippen LogP contribution in [0.3, 0.4) is 0 Å². The van der Waals surface area contributed by atoms with Gasteiger partial charge in [0.1, 0.15) is 0 Å². The van der Waals surface area contributed by atoms with Crippen molar-refractivity contribution in [3.63, 3.8) is 0 Å². The van der Waals surface area contributed by atoms with E-state index in [0.717, 1.165) is 32.2 Å². The Morgan fingerprint density at radius 2 is 2.11 bits per heavy atom. The molecule has 1 aliphatic carbocycles. The van der Waals surface area contributed by atoms with Gasteiger partial charge >= 0.3 is 5.97 Å². The molecule has 18 heavy (non-hydrogen) atoms. The molecule has 0 aromatic rings. The lowest BCUT2D eigenvalue weighted by molar-refractivity contribution is -0.138. The SMILES string of the molecule is CC1CC(C(=O)NC(CC(=O)O)C2CC2)CCN1. The number of carboxylic acids is 1. The molecule has 3 atom stereocenters. The fourth-order valence-corrected chi connectivity index (χ4v) is 2.69. The van der Waals surface area contributed by atoms with E-state index in [1.54, 1.807) is 0 Å². The van der Waals surface area contributed by atoms with Crippen molar-refractivity contribution in [2.24, 2.45) is 11.8 Å². The van der Waals surface area contributed by atoms with Crippen LogP contribution in [0.1, 0.15) is 39.0 Å². The van der Waals surface area contributed by atoms with Crippen molar-refractivity contribution < 1.29 is 14.7 Å². The molecule has 1 saturated heterocycles. The molecule has 1 heterocycles. The predicted octanol–water partition coefficient (Wildman–Crippen LogP) is 0.744. The van der Waals surface area contributed by atoms with Crippen LogP contribution in [-0.4, -0.2) is 35.6 Å². The van der Waals surface area contributed by atoms with E-state index in [-0.39, 0.29) is 24.3 Å². The molecule has 2 aliphatic rings. The number of amides is 1. The summed E-state index contributed by atoms with van der Waals surface area (Å²) in [6.45, 7) is 2.95. The minimum atomic E-state index is -0.828. The maximum absolute atomic E-state index is 12.1. The summed E-state index contributed by atoms with van der Waals surface area (Å²) >= 11 is 0. The van der Waals surface area contributed by atoms with Crippen molar-refractivity contribution in [1.29, 1.82) is 0 Å². The first kappa shape index (κ1) is 13.3. The summed E-state index contributed by atoms with van der Waals surface area (Å²) < 4.78 is 0. The molecular formula is C13H22N2O3. The molecule has 5 heteroatoms. The molecule has 3 N–H and O–H groups in total. The second-order valence-electron chi connectivity index (χ2n) is 5.63. The van der Waals surface area contributed by atoms with Crippen LogP contribution in [0.2, 0.25) is 0 Å². The highest BCUT2D eigenvalue weighted by molar-refractivity contribution is 5.80. The zero-order valence-corrected chi connectivity index (χ0v) is 10.8. The lowest BCUT2D eigenvalue weighted by atomic mass is 9.92. The fraction of sp³-hybridized carbons (Fsp3) is 0.846. The van der Waals surface area contributed by atoms with Gasteiger partial charge in [0.25, 0.3) is 0 Å². The summed E-state index contributed by atoms with van der Waals surface area (Å²) in [6.07, 6.45) is 3.83. The minimum absolute atomic E-state index is 0.0382. The maximum atomic E-state index is 12.1. The third kappa shape index (κ3) is 3.70. The lowest BCUT2D eigenvalue weighted by Crippen LogP contribution is -2.46. The van der Waals surface area contributed by atoms with Gasteiger partial charge in [0.2, 0.25) is 5.91 Å². The van der Waals surface area contributed by atoms with E-state index in [2.05, 4.69) is 17.6 Å². The van der Waals surface area contributed by atoms with E-state index in [1.807, 2.05) is 0 Å². The van der Waals surface area contributed by atoms with Crippen molar-refractivity contribution in [3.05, 3.63) is 0 Å². The lowest BCUT2D eigenvalue weighted by Gasteiger charge is -2.28. The second kappa shape index (κ2) is 5.69. The van der Waals surface area contributed by atoms with Gasteiger partial charge < -0.3 is 15.7 Å². The number of piperidine rings is 1. The van der Waals surface area contributed by atoms with Crippen molar-refractivity contribution in [2.45, 2.75) is 51.1 Å². The molecule has 3 unspecified atom stereocenters. The van der Waals surface area contributed by atoms with Gasteiger partial charge in [-0.1, -0.05) is 0 Å². The number of carbonyl (C=O) groups is 2. The van der Waals surface area contributed by atoms with Crippen LogP contribution in [0.5, 0.6) is 0 Å². The van der Waals surface area contributed by atoms with E-state index < -0.39 is 5.97 Å². The van der Waals surface area contributed by atoms with Gasteiger partial charge in [-0.05, 0) is 45.1 Å². The highest BCUT2D eigenvalue weighted by Crippen LogP contribution is 2.34. The summed E-state index contributed by atoms with van der Waals surface area (Å²) in [6, 6.07) is 0.202. The third-order valence-corrected chi connectivity index (χ3v) is 3.91. The fourth-order valence-electron chi connectivity index (χ4n) is 2.69. The summed E-state index contributed by atoms with van der Waals surface area (Å²) in [4.78, 5) is 22.9.